The number of ketones is 1. The number of benzene rings is 2. The van der Waals surface area contributed by atoms with Crippen LogP contribution in [0.5, 0.6) is 5.75 Å². The molecule has 0 atom stereocenters. The maximum atomic E-state index is 12.3. The average molecular weight is 344 g/mol. The van der Waals surface area contributed by atoms with E-state index in [1.54, 1.807) is 36.4 Å². The number of nitrogens with zero attached hydrogens (tertiary/aromatic N) is 1. The summed E-state index contributed by atoms with van der Waals surface area (Å²) in [5, 5.41) is 12.5. The van der Waals surface area contributed by atoms with Crippen LogP contribution in [0.2, 0.25) is 0 Å². The Balaban J connectivity index is 1.68. The molecule has 24 heavy (non-hydrogen) atoms. The number of hydrogen-bond donors (Lipinski definition) is 2. The van der Waals surface area contributed by atoms with Crippen molar-refractivity contribution in [3.05, 3.63) is 54.1 Å². The number of rotatable bonds is 5. The number of sulfonamides is 1. The predicted octanol–water partition coefficient (Wildman–Crippen LogP) is 2.50. The number of carbonyl (C=O) groups excluding carboxylic acids is 1. The molecule has 6 nitrogen and oxygen atoms in total. The maximum absolute atomic E-state index is 12.3. The van der Waals surface area contributed by atoms with Gasteiger partial charge in [0.25, 0.3) is 10.0 Å². The fraction of sp³-hybridized carbons (Fsp3) is 0.176. The van der Waals surface area contributed by atoms with Gasteiger partial charge in [0.2, 0.25) is 0 Å². The van der Waals surface area contributed by atoms with Gasteiger partial charge in [0.1, 0.15) is 10.6 Å². The van der Waals surface area contributed by atoms with Crippen LogP contribution >= 0.6 is 0 Å². The van der Waals surface area contributed by atoms with Crippen LogP contribution in [0, 0.1) is 0 Å². The van der Waals surface area contributed by atoms with Gasteiger partial charge in [-0.15, -0.1) is 4.40 Å². The molecule has 0 spiro atoms. The van der Waals surface area contributed by atoms with Crippen molar-refractivity contribution in [3.8, 4) is 5.75 Å². The summed E-state index contributed by atoms with van der Waals surface area (Å²) in [6.07, 6.45) is 1.14. The number of fused-ring (bicyclic) bond motifs is 1. The van der Waals surface area contributed by atoms with Crippen molar-refractivity contribution in [2.45, 2.75) is 24.2 Å². The van der Waals surface area contributed by atoms with Gasteiger partial charge < -0.3 is 10.4 Å². The molecular formula is C17H16N2O4S. The van der Waals surface area contributed by atoms with Crippen molar-refractivity contribution in [3.63, 3.8) is 0 Å². The standard InChI is InChI=1S/C17H16N2O4S/c20-14-9-3-1-6-12(14)7-5-10-15(21)17-18-13-8-2-4-11-16(13)24(22,23)19-17/h1-4,6,8-9,11,20H,5,7,10H2,(H,18,19). The highest BCUT2D eigenvalue weighted by atomic mass is 32.2. The van der Waals surface area contributed by atoms with Crippen LogP contribution in [-0.2, 0) is 21.2 Å². The van der Waals surface area contributed by atoms with E-state index in [9.17, 15) is 18.3 Å². The summed E-state index contributed by atoms with van der Waals surface area (Å²) >= 11 is 0. The van der Waals surface area contributed by atoms with Gasteiger partial charge in [-0.05, 0) is 36.6 Å². The SMILES string of the molecule is O=C(CCCc1ccccc1O)C1=NS(=O)(=O)c2ccccc2N1. The number of anilines is 1. The second-order valence-corrected chi connectivity index (χ2v) is 7.01. The molecule has 0 aromatic heterocycles. The van der Waals surface area contributed by atoms with E-state index in [1.165, 1.54) is 6.07 Å². The molecule has 0 radical (unpaired) electrons. The Morgan fingerprint density at radius 3 is 2.58 bits per heavy atom. The zero-order chi connectivity index (χ0) is 17.2. The predicted molar refractivity (Wildman–Crippen MR) is 90.7 cm³/mol. The second kappa shape index (κ2) is 6.45. The molecule has 0 saturated heterocycles. The number of phenols is 1. The van der Waals surface area contributed by atoms with E-state index in [4.69, 9.17) is 0 Å². The number of para-hydroxylation sites is 2. The summed E-state index contributed by atoms with van der Waals surface area (Å²) < 4.78 is 27.8. The number of carbonyl (C=O) groups is 1. The minimum Gasteiger partial charge on any atom is -0.508 e. The minimum atomic E-state index is -3.86. The summed E-state index contributed by atoms with van der Waals surface area (Å²) in [5.41, 5.74) is 1.11. The Bertz CT molecular complexity index is 920. The molecule has 0 aliphatic carbocycles. The molecular weight excluding hydrogens is 328 g/mol. The van der Waals surface area contributed by atoms with Crippen LogP contribution in [0.15, 0.2) is 57.8 Å². The van der Waals surface area contributed by atoms with Gasteiger partial charge >= 0.3 is 0 Å². The molecule has 124 valence electrons. The fourth-order valence-corrected chi connectivity index (χ4v) is 3.65. The van der Waals surface area contributed by atoms with Crippen molar-refractivity contribution < 1.29 is 18.3 Å². The maximum Gasteiger partial charge on any atom is 0.286 e. The number of hydrogen-bond acceptors (Lipinski definition) is 5. The summed E-state index contributed by atoms with van der Waals surface area (Å²) in [4.78, 5) is 12.3. The molecule has 1 heterocycles. The lowest BCUT2D eigenvalue weighted by Crippen LogP contribution is -2.28. The van der Waals surface area contributed by atoms with Crippen LogP contribution in [-0.4, -0.2) is 25.1 Å². The van der Waals surface area contributed by atoms with Crippen molar-refractivity contribution in [1.29, 1.82) is 0 Å². The van der Waals surface area contributed by atoms with Crippen molar-refractivity contribution >= 4 is 27.3 Å². The second-order valence-electron chi connectivity index (χ2n) is 5.44. The lowest BCUT2D eigenvalue weighted by molar-refractivity contribution is -0.113. The third-order valence-electron chi connectivity index (χ3n) is 3.74. The van der Waals surface area contributed by atoms with Gasteiger partial charge in [-0.1, -0.05) is 30.3 Å². The third-order valence-corrected chi connectivity index (χ3v) is 5.07. The number of nitrogens with one attached hydrogen (secondary N) is 1. The third kappa shape index (κ3) is 3.30. The van der Waals surface area contributed by atoms with Crippen LogP contribution in [0.25, 0.3) is 0 Å². The zero-order valence-corrected chi connectivity index (χ0v) is 13.6. The fourth-order valence-electron chi connectivity index (χ4n) is 2.52. The molecule has 1 aliphatic heterocycles. The molecule has 1 aliphatic rings. The molecule has 0 saturated carbocycles. The first kappa shape index (κ1) is 16.2. The Morgan fingerprint density at radius 1 is 1.08 bits per heavy atom. The molecule has 2 aromatic rings. The molecule has 3 rings (SSSR count). The molecule has 0 unspecified atom stereocenters. The Hall–Kier alpha value is -2.67. The minimum absolute atomic E-state index is 0.0655. The van der Waals surface area contributed by atoms with E-state index in [0.717, 1.165) is 5.56 Å². The van der Waals surface area contributed by atoms with Crippen molar-refractivity contribution in [1.82, 2.24) is 0 Å². The lowest BCUT2D eigenvalue weighted by Gasteiger charge is -2.17. The quantitative estimate of drug-likeness (QED) is 0.869. The van der Waals surface area contributed by atoms with E-state index in [2.05, 4.69) is 9.71 Å². The first-order valence-electron chi connectivity index (χ1n) is 7.48. The van der Waals surface area contributed by atoms with Gasteiger partial charge in [-0.2, -0.15) is 8.42 Å². The molecule has 0 bridgehead atoms. The van der Waals surface area contributed by atoms with Crippen LogP contribution in [0.3, 0.4) is 0 Å². The topological polar surface area (TPSA) is 95.8 Å². The molecule has 0 amide bonds. The van der Waals surface area contributed by atoms with E-state index in [-0.39, 0.29) is 28.7 Å². The average Bonchev–Trinajstić information content (AvgIpc) is 2.56. The van der Waals surface area contributed by atoms with Crippen molar-refractivity contribution in [2.24, 2.45) is 4.40 Å². The lowest BCUT2D eigenvalue weighted by atomic mass is 10.1. The van der Waals surface area contributed by atoms with E-state index in [0.29, 0.717) is 18.5 Å². The van der Waals surface area contributed by atoms with Gasteiger partial charge in [-0.3, -0.25) is 4.79 Å². The highest BCUT2D eigenvalue weighted by Gasteiger charge is 2.27. The van der Waals surface area contributed by atoms with E-state index < -0.39 is 10.0 Å². The molecule has 2 aromatic carbocycles. The monoisotopic (exact) mass is 344 g/mol. The summed E-state index contributed by atoms with van der Waals surface area (Å²) in [7, 11) is -3.86. The van der Waals surface area contributed by atoms with Crippen LogP contribution in [0.1, 0.15) is 18.4 Å². The molecule has 7 heteroatoms. The van der Waals surface area contributed by atoms with Gasteiger partial charge in [0.15, 0.2) is 11.6 Å². The normalized spacial score (nSPS) is 15.1. The molecule has 0 fully saturated rings. The molecule has 2 N–H and O–H groups in total. The van der Waals surface area contributed by atoms with E-state index in [1.807, 2.05) is 6.07 Å². The van der Waals surface area contributed by atoms with Gasteiger partial charge in [-0.25, -0.2) is 0 Å². The van der Waals surface area contributed by atoms with Crippen LogP contribution in [0.4, 0.5) is 5.69 Å². The first-order valence-corrected chi connectivity index (χ1v) is 8.92. The number of Topliss-reactive ketones (excluding diaryl/α,β-unsaturated/α-hetero) is 1. The zero-order valence-electron chi connectivity index (χ0n) is 12.8. The largest absolute Gasteiger partial charge is 0.508 e. The van der Waals surface area contributed by atoms with Crippen molar-refractivity contribution in [2.75, 3.05) is 5.32 Å². The Morgan fingerprint density at radius 2 is 1.79 bits per heavy atom. The van der Waals surface area contributed by atoms with E-state index >= 15 is 0 Å². The number of aryl methyl sites for hydroxylation is 1. The number of aromatic hydroxyl groups is 1. The highest BCUT2D eigenvalue weighted by molar-refractivity contribution is 7.90. The first-order chi connectivity index (χ1) is 11.5. The smallest absolute Gasteiger partial charge is 0.286 e. The van der Waals surface area contributed by atoms with Crippen LogP contribution < -0.4 is 5.32 Å². The summed E-state index contributed by atoms with van der Waals surface area (Å²) in [6, 6.07) is 13.3. The van der Waals surface area contributed by atoms with Gasteiger partial charge in [0, 0.05) is 6.42 Å². The summed E-state index contributed by atoms with van der Waals surface area (Å²) in [5.74, 6) is -0.343. The van der Waals surface area contributed by atoms with Gasteiger partial charge in [0.05, 0.1) is 5.69 Å². The Labute approximate surface area is 139 Å². The Kier molecular flexibility index (Phi) is 4.35. The number of amidine groups is 1. The highest BCUT2D eigenvalue weighted by Crippen LogP contribution is 2.27. The summed E-state index contributed by atoms with van der Waals surface area (Å²) in [6.45, 7) is 0. The number of phenolic OH excluding ortho intramolecular Hbond substituents is 1.